The number of thioether (sulfide) groups is 1. The summed E-state index contributed by atoms with van der Waals surface area (Å²) in [6.07, 6.45) is 4.08. The molecule has 0 aromatic carbocycles. The van der Waals surface area contributed by atoms with E-state index in [1.54, 1.807) is 33.0 Å². The maximum Gasteiger partial charge on any atom is 0.0605 e. The Balaban J connectivity index is -0.0000000458. The fourth-order valence-electron chi connectivity index (χ4n) is 0.919. The quantitative estimate of drug-likeness (QED) is 0.266. The number of hydrogen-bond donors (Lipinski definition) is 0. The predicted octanol–water partition coefficient (Wildman–Crippen LogP) is 7.97. The summed E-state index contributed by atoms with van der Waals surface area (Å²) < 4.78 is 9.88. The van der Waals surface area contributed by atoms with Crippen molar-refractivity contribution in [2.24, 2.45) is 10.4 Å². The lowest BCUT2D eigenvalue weighted by molar-refractivity contribution is -0.102. The number of nitrogens with zero attached hydrogens (tertiary/aromatic N) is 2. The summed E-state index contributed by atoms with van der Waals surface area (Å²) in [6, 6.07) is 0. The van der Waals surface area contributed by atoms with Gasteiger partial charge in [-0.3, -0.25) is 0 Å². The monoisotopic (exact) mass is 468 g/mol. The molecule has 0 saturated carbocycles. The van der Waals surface area contributed by atoms with E-state index in [0.717, 1.165) is 0 Å². The van der Waals surface area contributed by atoms with E-state index >= 15 is 0 Å². The van der Waals surface area contributed by atoms with Gasteiger partial charge in [0.05, 0.1) is 11.2 Å². The largest absolute Gasteiger partial charge is 0.388 e. The van der Waals surface area contributed by atoms with Gasteiger partial charge < -0.3 is 19.4 Å². The first kappa shape index (κ1) is 48.2. The minimum absolute atomic E-state index is 0.0156. The van der Waals surface area contributed by atoms with Gasteiger partial charge in [-0.15, -0.1) is 6.58 Å². The summed E-state index contributed by atoms with van der Waals surface area (Å²) >= 11 is 1.75. The molecule has 0 amide bonds. The van der Waals surface area contributed by atoms with Crippen LogP contribution in [0.15, 0.2) is 17.1 Å². The summed E-state index contributed by atoms with van der Waals surface area (Å²) in [5.41, 5.74) is 1.64. The molecule has 0 aromatic heterocycles. The molecule has 0 heterocycles. The minimum atomic E-state index is -0.0156. The van der Waals surface area contributed by atoms with E-state index < -0.39 is 0 Å². The molecular weight excluding hydrogens is 404 g/mol. The van der Waals surface area contributed by atoms with Crippen LogP contribution in [0.4, 0.5) is 0 Å². The smallest absolute Gasteiger partial charge is 0.0605 e. The summed E-state index contributed by atoms with van der Waals surface area (Å²) in [5.74, 6) is 0. The molecule has 0 atom stereocenters. The van der Waals surface area contributed by atoms with Crippen molar-refractivity contribution >= 4 is 18.5 Å². The zero-order valence-corrected chi connectivity index (χ0v) is 26.3. The predicted molar refractivity (Wildman–Crippen MR) is 154 cm³/mol. The number of aliphatic imine (C=N–C) groups is 1. The highest BCUT2D eigenvalue weighted by atomic mass is 32.2. The Morgan fingerprint density at radius 2 is 0.839 bits per heavy atom. The Bertz CT molecular complexity index is 297. The topological polar surface area (TPSA) is 34.1 Å². The summed E-state index contributed by atoms with van der Waals surface area (Å²) in [7, 11) is 10.9. The highest BCUT2D eigenvalue weighted by Crippen LogP contribution is 2.18. The van der Waals surface area contributed by atoms with Crippen LogP contribution in [-0.4, -0.2) is 77.7 Å². The zero-order chi connectivity index (χ0) is 27.5. The van der Waals surface area contributed by atoms with Crippen molar-refractivity contribution in [2.45, 2.75) is 94.3 Å². The summed E-state index contributed by atoms with van der Waals surface area (Å²) in [5, 5.41) is 0. The Kier molecular flexibility index (Phi) is 49.4. The van der Waals surface area contributed by atoms with Gasteiger partial charge in [0.15, 0.2) is 0 Å². The van der Waals surface area contributed by atoms with Crippen LogP contribution >= 0.6 is 11.8 Å². The number of methoxy groups -OCH3 is 1. The first-order valence-electron chi connectivity index (χ1n) is 10.5. The van der Waals surface area contributed by atoms with Crippen LogP contribution in [0, 0.1) is 5.41 Å². The van der Waals surface area contributed by atoms with Crippen molar-refractivity contribution in [3.8, 4) is 0 Å². The molecule has 0 saturated heterocycles. The van der Waals surface area contributed by atoms with E-state index in [1.165, 1.54) is 5.57 Å². The maximum atomic E-state index is 5.62. The molecule has 31 heavy (non-hydrogen) atoms. The number of ether oxygens (including phenoxy) is 2. The highest BCUT2D eigenvalue weighted by Gasteiger charge is 2.19. The van der Waals surface area contributed by atoms with Gasteiger partial charge in [-0.05, 0) is 101 Å². The molecule has 0 bridgehead atoms. The van der Waals surface area contributed by atoms with Crippen molar-refractivity contribution in [2.75, 3.05) is 54.9 Å². The van der Waals surface area contributed by atoms with Crippen LogP contribution in [0.25, 0.3) is 0 Å². The molecule has 0 aliphatic heterocycles. The average Bonchev–Trinajstić information content (AvgIpc) is 2.32. The first-order chi connectivity index (χ1) is 13.4. The molecule has 0 aromatic rings. The Hall–Kier alpha value is -0.360. The summed E-state index contributed by atoms with van der Waals surface area (Å²) in [6.45, 7) is 31.8. The van der Waals surface area contributed by atoms with E-state index in [4.69, 9.17) is 4.74 Å². The molecule has 4 nitrogen and oxygen atoms in total. The van der Waals surface area contributed by atoms with Crippen LogP contribution < -0.4 is 0 Å². The van der Waals surface area contributed by atoms with Gasteiger partial charge >= 0.3 is 0 Å². The van der Waals surface area contributed by atoms with Gasteiger partial charge in [0.1, 0.15) is 0 Å². The van der Waals surface area contributed by atoms with E-state index in [-0.39, 0.29) is 11.2 Å². The van der Waals surface area contributed by atoms with Crippen LogP contribution in [-0.2, 0) is 9.47 Å². The molecule has 0 fully saturated rings. The van der Waals surface area contributed by atoms with E-state index in [1.807, 2.05) is 52.4 Å². The average molecular weight is 469 g/mol. The minimum Gasteiger partial charge on any atom is -0.388 e. The second-order valence-electron chi connectivity index (χ2n) is 11.0. The molecule has 5 heteroatoms. The lowest BCUT2D eigenvalue weighted by Crippen LogP contribution is -2.31. The van der Waals surface area contributed by atoms with Gasteiger partial charge in [0, 0.05) is 21.3 Å². The van der Waals surface area contributed by atoms with Crippen molar-refractivity contribution in [1.82, 2.24) is 4.90 Å². The Labute approximate surface area is 204 Å². The van der Waals surface area contributed by atoms with Gasteiger partial charge in [0.2, 0.25) is 0 Å². The van der Waals surface area contributed by atoms with E-state index in [0.29, 0.717) is 5.41 Å². The van der Waals surface area contributed by atoms with E-state index in [2.05, 4.69) is 92.3 Å². The molecular formula is C26H64N2O2S. The second-order valence-corrected chi connectivity index (χ2v) is 11.8. The molecule has 0 aliphatic rings. The first-order valence-corrected chi connectivity index (χ1v) is 12.1. The Morgan fingerprint density at radius 3 is 0.839 bits per heavy atom. The van der Waals surface area contributed by atoms with Crippen molar-refractivity contribution in [1.29, 1.82) is 0 Å². The molecule has 0 unspecified atom stereocenters. The molecule has 0 spiro atoms. The maximum absolute atomic E-state index is 5.62. The van der Waals surface area contributed by atoms with Crippen LogP contribution in [0.5, 0.6) is 0 Å². The molecule has 196 valence electrons. The second kappa shape index (κ2) is 31.8. The lowest BCUT2D eigenvalue weighted by atomic mass is 10.0. The molecule has 0 aliphatic carbocycles. The normalized spacial score (nSPS) is 9.58. The van der Waals surface area contributed by atoms with Crippen LogP contribution in [0.3, 0.4) is 0 Å². The third-order valence-electron chi connectivity index (χ3n) is 0.612. The standard InChI is InChI=1S/C8H18O.C5H12.C4H8.C3H9N.C2H5N.C2H6O.C2H6S/c1-7(2,3)9-8(4,5)6;1-5(2,3)4;2*1-4(2)3;3*1-3-2/h1-6H3;1-4H3;1H2,2-3H3;1-3H3;1H2,2H3;2*1-2H3. The van der Waals surface area contributed by atoms with Crippen LogP contribution in [0.2, 0.25) is 0 Å². The van der Waals surface area contributed by atoms with Gasteiger partial charge in [-0.2, -0.15) is 11.8 Å². The fourth-order valence-corrected chi connectivity index (χ4v) is 0.919. The number of rotatable bonds is 0. The van der Waals surface area contributed by atoms with Crippen molar-refractivity contribution in [3.63, 3.8) is 0 Å². The third kappa shape index (κ3) is 712. The number of allylic oxidation sites excluding steroid dienone is 1. The molecule has 0 N–H and O–H groups in total. The molecule has 0 radical (unpaired) electrons. The fraction of sp³-hybridized carbons (Fsp3) is 0.885. The van der Waals surface area contributed by atoms with E-state index in [9.17, 15) is 0 Å². The Morgan fingerprint density at radius 1 is 0.774 bits per heavy atom. The lowest BCUT2D eigenvalue weighted by Gasteiger charge is -2.30. The third-order valence-corrected chi connectivity index (χ3v) is 0.612. The number of hydrogen-bond acceptors (Lipinski definition) is 5. The van der Waals surface area contributed by atoms with Crippen molar-refractivity contribution < 1.29 is 9.47 Å². The SMILES string of the molecule is C=C(C)C.C=NC.CC(C)(C)C.CC(C)(C)OC(C)(C)C.CN(C)C.COC.CSC. The van der Waals surface area contributed by atoms with Crippen LogP contribution in [0.1, 0.15) is 83.1 Å². The van der Waals surface area contributed by atoms with Gasteiger partial charge in [-0.25, -0.2) is 0 Å². The highest BCUT2D eigenvalue weighted by molar-refractivity contribution is 7.97. The molecule has 0 rings (SSSR count). The summed E-state index contributed by atoms with van der Waals surface area (Å²) in [4.78, 5) is 5.25. The zero-order valence-electron chi connectivity index (χ0n) is 25.5. The van der Waals surface area contributed by atoms with Gasteiger partial charge in [0.25, 0.3) is 0 Å². The van der Waals surface area contributed by atoms with Crippen molar-refractivity contribution in [3.05, 3.63) is 12.2 Å². The van der Waals surface area contributed by atoms with Gasteiger partial charge in [-0.1, -0.05) is 33.3 Å².